The van der Waals surface area contributed by atoms with Crippen molar-refractivity contribution in [3.8, 4) is 5.75 Å². The van der Waals surface area contributed by atoms with Gasteiger partial charge in [-0.15, -0.1) is 0 Å². The number of thioether (sulfide) groups is 1. The summed E-state index contributed by atoms with van der Waals surface area (Å²) >= 11 is 1.62. The van der Waals surface area contributed by atoms with Gasteiger partial charge in [0.05, 0.1) is 43.5 Å². The molecule has 1 saturated carbocycles. The van der Waals surface area contributed by atoms with Crippen LogP contribution >= 0.6 is 11.8 Å². The molecule has 7 nitrogen and oxygen atoms in total. The molecule has 2 saturated heterocycles. The van der Waals surface area contributed by atoms with Gasteiger partial charge in [-0.3, -0.25) is 9.59 Å². The Morgan fingerprint density at radius 1 is 1.36 bits per heavy atom. The number of nitrogens with two attached hydrogens (primary N) is 1. The zero-order valence-electron chi connectivity index (χ0n) is 15.2. The number of nitrogens with zero attached hydrogens (tertiary/aromatic N) is 2. The molecule has 3 N–H and O–H groups in total. The second-order valence-corrected chi connectivity index (χ2v) is 8.86. The first kappa shape index (κ1) is 19.2. The van der Waals surface area contributed by atoms with E-state index in [4.69, 9.17) is 10.5 Å². The van der Waals surface area contributed by atoms with Gasteiger partial charge < -0.3 is 20.7 Å². The molecule has 0 unspecified atom stereocenters. The van der Waals surface area contributed by atoms with E-state index in [-0.39, 0.29) is 25.2 Å². The lowest BCUT2D eigenvalue weighted by Crippen LogP contribution is -2.59. The molecule has 4 rings (SSSR count). The second-order valence-electron chi connectivity index (χ2n) is 7.87. The predicted molar refractivity (Wildman–Crippen MR) is 101 cm³/mol. The number of alkyl halides is 2. The number of hydrogen-bond donors (Lipinski definition) is 2. The van der Waals surface area contributed by atoms with Gasteiger partial charge in [0.25, 0.3) is 11.8 Å². The maximum atomic E-state index is 13.3. The Morgan fingerprint density at radius 2 is 2.07 bits per heavy atom. The van der Waals surface area contributed by atoms with Crippen molar-refractivity contribution in [1.29, 1.82) is 0 Å². The first-order valence-corrected chi connectivity index (χ1v) is 10.3. The van der Waals surface area contributed by atoms with Crippen LogP contribution in [-0.4, -0.2) is 59.5 Å². The Labute approximate surface area is 165 Å². The number of hydrogen-bond acceptors (Lipinski definition) is 6. The maximum absolute atomic E-state index is 13.3. The van der Waals surface area contributed by atoms with E-state index in [1.54, 1.807) is 11.8 Å². The number of carbonyl (C=O) groups excluding carboxylic acids is 2. The summed E-state index contributed by atoms with van der Waals surface area (Å²) in [4.78, 5) is 29.6. The Morgan fingerprint density at radius 3 is 2.61 bits per heavy atom. The van der Waals surface area contributed by atoms with E-state index < -0.39 is 23.3 Å². The Hall–Kier alpha value is -2.10. The number of ether oxygens (including phenoxy) is 1. The minimum absolute atomic E-state index is 0.0672. The van der Waals surface area contributed by atoms with Gasteiger partial charge in [0.1, 0.15) is 11.4 Å². The van der Waals surface area contributed by atoms with Crippen LogP contribution in [0.5, 0.6) is 5.75 Å². The Balaban J connectivity index is 1.51. The van der Waals surface area contributed by atoms with E-state index in [9.17, 15) is 18.4 Å². The van der Waals surface area contributed by atoms with Crippen molar-refractivity contribution in [2.45, 2.75) is 30.7 Å². The first-order valence-electron chi connectivity index (χ1n) is 9.19. The monoisotopic (exact) mass is 412 g/mol. The van der Waals surface area contributed by atoms with Crippen molar-refractivity contribution in [3.05, 3.63) is 18.0 Å². The highest BCUT2D eigenvalue weighted by Crippen LogP contribution is 2.39. The van der Waals surface area contributed by atoms with Gasteiger partial charge in [-0.05, 0) is 18.8 Å². The fraction of sp³-hybridized carbons (Fsp3) is 0.611. The fourth-order valence-electron chi connectivity index (χ4n) is 3.29. The average molecular weight is 412 g/mol. The van der Waals surface area contributed by atoms with Gasteiger partial charge in [-0.25, -0.2) is 13.8 Å². The standard InChI is InChI=1S/C18H22F2N4O3S/c19-18(20)7-24(8-18)13-5-22-12(3-14(13)27-6-11-1-2-11)16(26)23-17(4-15(21)25)9-28-10-17/h3,5,11H,1-2,4,6-10H2,(H2,21,25)(H,23,26). The third-order valence-corrected chi connectivity index (χ3v) is 6.60. The van der Waals surface area contributed by atoms with E-state index in [0.717, 1.165) is 12.8 Å². The normalized spacial score (nSPS) is 22.0. The molecule has 1 aromatic rings. The number of aromatic nitrogens is 1. The molecule has 0 bridgehead atoms. The van der Waals surface area contributed by atoms with Crippen LogP contribution in [0.4, 0.5) is 14.5 Å². The minimum Gasteiger partial charge on any atom is -0.491 e. The zero-order chi connectivity index (χ0) is 19.9. The summed E-state index contributed by atoms with van der Waals surface area (Å²) in [5, 5.41) is 2.86. The third kappa shape index (κ3) is 4.16. The second kappa shape index (κ2) is 7.06. The van der Waals surface area contributed by atoms with Crippen molar-refractivity contribution in [3.63, 3.8) is 0 Å². The van der Waals surface area contributed by atoms with Gasteiger partial charge in [-0.2, -0.15) is 11.8 Å². The predicted octanol–water partition coefficient (Wildman–Crippen LogP) is 1.42. The van der Waals surface area contributed by atoms with E-state index in [1.165, 1.54) is 17.2 Å². The third-order valence-electron chi connectivity index (χ3n) is 5.08. The summed E-state index contributed by atoms with van der Waals surface area (Å²) in [6.45, 7) is -0.289. The number of anilines is 1. The molecule has 0 atom stereocenters. The highest BCUT2D eigenvalue weighted by atomic mass is 32.2. The molecule has 3 fully saturated rings. The number of halogens is 2. The highest BCUT2D eigenvalue weighted by Gasteiger charge is 2.45. The zero-order valence-corrected chi connectivity index (χ0v) is 16.1. The van der Waals surface area contributed by atoms with Crippen LogP contribution in [-0.2, 0) is 4.79 Å². The molecule has 0 spiro atoms. The van der Waals surface area contributed by atoms with Gasteiger partial charge in [0.15, 0.2) is 0 Å². The molecular weight excluding hydrogens is 390 g/mol. The molecule has 2 amide bonds. The molecule has 28 heavy (non-hydrogen) atoms. The van der Waals surface area contributed by atoms with Crippen LogP contribution in [0.15, 0.2) is 12.3 Å². The average Bonchev–Trinajstić information content (AvgIpc) is 3.39. The van der Waals surface area contributed by atoms with Gasteiger partial charge >= 0.3 is 0 Å². The number of carbonyl (C=O) groups is 2. The molecule has 1 aliphatic carbocycles. The summed E-state index contributed by atoms with van der Waals surface area (Å²) in [7, 11) is 0. The molecule has 1 aromatic heterocycles. The SMILES string of the molecule is NC(=O)CC1(NC(=O)c2cc(OCC3CC3)c(N3CC(F)(F)C3)cn2)CSC1. The van der Waals surface area contributed by atoms with Crippen molar-refractivity contribution < 1.29 is 23.1 Å². The molecule has 10 heteroatoms. The topological polar surface area (TPSA) is 97.5 Å². The molecule has 2 aliphatic heterocycles. The van der Waals surface area contributed by atoms with Crippen LogP contribution in [0.25, 0.3) is 0 Å². The largest absolute Gasteiger partial charge is 0.491 e. The van der Waals surface area contributed by atoms with Crippen molar-refractivity contribution >= 4 is 29.3 Å². The van der Waals surface area contributed by atoms with Crippen LogP contribution in [0.3, 0.4) is 0 Å². The van der Waals surface area contributed by atoms with E-state index in [2.05, 4.69) is 10.3 Å². The Kier molecular flexibility index (Phi) is 4.84. The van der Waals surface area contributed by atoms with Crippen molar-refractivity contribution in [2.75, 3.05) is 36.1 Å². The lowest BCUT2D eigenvalue weighted by Gasteiger charge is -2.41. The summed E-state index contributed by atoms with van der Waals surface area (Å²) in [6.07, 6.45) is 3.64. The van der Waals surface area contributed by atoms with Gasteiger partial charge in [0.2, 0.25) is 5.91 Å². The molecule has 0 radical (unpaired) electrons. The summed E-state index contributed by atoms with van der Waals surface area (Å²) in [6, 6.07) is 1.49. The van der Waals surface area contributed by atoms with Crippen LogP contribution in [0.2, 0.25) is 0 Å². The first-order chi connectivity index (χ1) is 13.3. The van der Waals surface area contributed by atoms with Crippen LogP contribution < -0.4 is 20.7 Å². The smallest absolute Gasteiger partial charge is 0.282 e. The highest BCUT2D eigenvalue weighted by molar-refractivity contribution is 8.00. The van der Waals surface area contributed by atoms with Crippen LogP contribution in [0.1, 0.15) is 29.8 Å². The number of rotatable bonds is 8. The Bertz CT molecular complexity index is 791. The summed E-state index contributed by atoms with van der Waals surface area (Å²) in [5.74, 6) is -1.56. The quantitative estimate of drug-likeness (QED) is 0.670. The van der Waals surface area contributed by atoms with E-state index in [0.29, 0.717) is 35.5 Å². The van der Waals surface area contributed by atoms with E-state index >= 15 is 0 Å². The molecule has 152 valence electrons. The number of nitrogens with one attached hydrogen (secondary N) is 1. The number of amides is 2. The number of primary amides is 1. The van der Waals surface area contributed by atoms with Crippen LogP contribution in [0, 0.1) is 5.92 Å². The lowest BCUT2D eigenvalue weighted by atomic mass is 9.98. The summed E-state index contributed by atoms with van der Waals surface area (Å²) < 4.78 is 32.4. The lowest BCUT2D eigenvalue weighted by molar-refractivity contribution is -0.119. The molecular formula is C18H22F2N4O3S. The van der Waals surface area contributed by atoms with Crippen molar-refractivity contribution in [1.82, 2.24) is 10.3 Å². The molecule has 0 aromatic carbocycles. The van der Waals surface area contributed by atoms with Crippen molar-refractivity contribution in [2.24, 2.45) is 11.7 Å². The minimum atomic E-state index is -2.72. The summed E-state index contributed by atoms with van der Waals surface area (Å²) in [5.41, 5.74) is 5.24. The van der Waals surface area contributed by atoms with Gasteiger partial charge in [-0.1, -0.05) is 0 Å². The van der Waals surface area contributed by atoms with E-state index in [1.807, 2.05) is 0 Å². The fourth-order valence-corrected chi connectivity index (χ4v) is 4.33. The molecule has 3 heterocycles. The maximum Gasteiger partial charge on any atom is 0.282 e. The number of pyridine rings is 1. The van der Waals surface area contributed by atoms with Gasteiger partial charge in [0, 0.05) is 17.6 Å². The molecule has 3 aliphatic rings.